The molecule has 0 unspecified atom stereocenters. The molecule has 0 aliphatic heterocycles. The van der Waals surface area contributed by atoms with E-state index in [4.69, 9.17) is 10.4 Å². The van der Waals surface area contributed by atoms with Gasteiger partial charge in [-0.2, -0.15) is 5.26 Å². The van der Waals surface area contributed by atoms with Gasteiger partial charge in [-0.1, -0.05) is 0 Å². The molecule has 0 aliphatic rings. The summed E-state index contributed by atoms with van der Waals surface area (Å²) in [5.74, 6) is 0.854. The van der Waals surface area contributed by atoms with E-state index in [9.17, 15) is 0 Å². The highest BCUT2D eigenvalue weighted by Crippen LogP contribution is 2.21. The van der Waals surface area contributed by atoms with Crippen molar-refractivity contribution in [2.24, 2.45) is 0 Å². The van der Waals surface area contributed by atoms with Gasteiger partial charge in [-0.25, -0.2) is 4.98 Å². The second kappa shape index (κ2) is 5.19. The Hall–Kier alpha value is -1.86. The first kappa shape index (κ1) is 12.6. The van der Waals surface area contributed by atoms with Gasteiger partial charge in [-0.15, -0.1) is 0 Å². The third-order valence-electron chi connectivity index (χ3n) is 3.23. The van der Waals surface area contributed by atoms with Gasteiger partial charge in [-0.3, -0.25) is 0 Å². The van der Waals surface area contributed by atoms with Crippen molar-refractivity contribution in [1.29, 1.82) is 5.26 Å². The Morgan fingerprint density at radius 2 is 2.06 bits per heavy atom. The zero-order valence-electron chi connectivity index (χ0n) is 10.8. The van der Waals surface area contributed by atoms with E-state index in [0.29, 0.717) is 19.4 Å². The summed E-state index contributed by atoms with van der Waals surface area (Å²) >= 11 is 0. The molecule has 18 heavy (non-hydrogen) atoms. The van der Waals surface area contributed by atoms with E-state index >= 15 is 0 Å². The maximum absolute atomic E-state index is 9.09. The van der Waals surface area contributed by atoms with Gasteiger partial charge < -0.3 is 9.67 Å². The first-order valence-electron chi connectivity index (χ1n) is 6.11. The van der Waals surface area contributed by atoms with Crippen LogP contribution in [-0.2, 0) is 13.0 Å². The number of hydrogen-bond acceptors (Lipinski definition) is 3. The lowest BCUT2D eigenvalue weighted by Crippen LogP contribution is -2.05. The zero-order valence-corrected chi connectivity index (χ0v) is 10.8. The quantitative estimate of drug-likeness (QED) is 0.894. The normalized spacial score (nSPS) is 10.8. The molecule has 2 rings (SSSR count). The van der Waals surface area contributed by atoms with Crippen molar-refractivity contribution < 1.29 is 5.11 Å². The Bertz CT molecular complexity index is 608. The number of fused-ring (bicyclic) bond motifs is 1. The second-order valence-electron chi connectivity index (χ2n) is 4.49. The van der Waals surface area contributed by atoms with E-state index in [1.54, 1.807) is 0 Å². The molecule has 0 fully saturated rings. The fourth-order valence-electron chi connectivity index (χ4n) is 2.13. The lowest BCUT2D eigenvalue weighted by molar-refractivity contribution is 0.295. The summed E-state index contributed by atoms with van der Waals surface area (Å²) in [5.41, 5.74) is 4.43. The zero-order chi connectivity index (χ0) is 13.1. The van der Waals surface area contributed by atoms with Crippen molar-refractivity contribution in [3.63, 3.8) is 0 Å². The van der Waals surface area contributed by atoms with Crippen molar-refractivity contribution in [3.8, 4) is 6.07 Å². The maximum Gasteiger partial charge on any atom is 0.112 e. The summed E-state index contributed by atoms with van der Waals surface area (Å²) in [6.45, 7) is 4.84. The molecule has 1 aromatic carbocycles. The topological polar surface area (TPSA) is 61.8 Å². The highest BCUT2D eigenvalue weighted by Gasteiger charge is 2.11. The number of hydrogen-bond donors (Lipinski definition) is 1. The van der Waals surface area contributed by atoms with Crippen LogP contribution >= 0.6 is 0 Å². The van der Waals surface area contributed by atoms with E-state index in [2.05, 4.69) is 37.0 Å². The summed E-state index contributed by atoms with van der Waals surface area (Å²) < 4.78 is 2.04. The number of aryl methyl sites for hydroxylation is 3. The molecule has 0 atom stereocenters. The standard InChI is InChI=1S/C14H17N3O/c1-10-8-12-13(9-11(10)2)17(6-3-5-15)14(16-12)4-7-18/h8-9,18H,3-4,6-7H2,1-2H3. The van der Waals surface area contributed by atoms with Gasteiger partial charge in [0.2, 0.25) is 0 Å². The number of aliphatic hydroxyl groups excluding tert-OH is 1. The Kier molecular flexibility index (Phi) is 3.63. The smallest absolute Gasteiger partial charge is 0.112 e. The SMILES string of the molecule is Cc1cc2nc(CCO)n(CCC#N)c2cc1C. The van der Waals surface area contributed by atoms with E-state index in [0.717, 1.165) is 16.9 Å². The molecule has 1 aromatic heterocycles. The van der Waals surface area contributed by atoms with Crippen LogP contribution in [0.4, 0.5) is 0 Å². The van der Waals surface area contributed by atoms with Crippen molar-refractivity contribution in [2.45, 2.75) is 33.2 Å². The molecule has 0 bridgehead atoms. The molecule has 94 valence electrons. The van der Waals surface area contributed by atoms with Crippen LogP contribution in [0.1, 0.15) is 23.4 Å². The molecule has 4 heteroatoms. The monoisotopic (exact) mass is 243 g/mol. The largest absolute Gasteiger partial charge is 0.396 e. The number of aromatic nitrogens is 2. The lowest BCUT2D eigenvalue weighted by Gasteiger charge is -2.06. The van der Waals surface area contributed by atoms with Gasteiger partial charge >= 0.3 is 0 Å². The highest BCUT2D eigenvalue weighted by molar-refractivity contribution is 5.78. The number of nitrogens with zero attached hydrogens (tertiary/aromatic N) is 3. The van der Waals surface area contributed by atoms with Gasteiger partial charge in [0, 0.05) is 13.0 Å². The molecular formula is C14H17N3O. The number of aliphatic hydroxyl groups is 1. The van der Waals surface area contributed by atoms with Crippen LogP contribution in [0.25, 0.3) is 11.0 Å². The van der Waals surface area contributed by atoms with E-state index in [-0.39, 0.29) is 6.61 Å². The minimum atomic E-state index is 0.0772. The maximum atomic E-state index is 9.09. The molecule has 0 radical (unpaired) electrons. The highest BCUT2D eigenvalue weighted by atomic mass is 16.3. The molecule has 1 heterocycles. The first-order chi connectivity index (χ1) is 8.67. The van der Waals surface area contributed by atoms with E-state index < -0.39 is 0 Å². The van der Waals surface area contributed by atoms with Crippen LogP contribution < -0.4 is 0 Å². The van der Waals surface area contributed by atoms with Crippen molar-refractivity contribution >= 4 is 11.0 Å². The molecule has 0 spiro atoms. The Morgan fingerprint density at radius 3 is 2.72 bits per heavy atom. The van der Waals surface area contributed by atoms with Gasteiger partial charge in [0.15, 0.2) is 0 Å². The minimum absolute atomic E-state index is 0.0772. The Labute approximate surface area is 106 Å². The number of benzene rings is 1. The summed E-state index contributed by atoms with van der Waals surface area (Å²) in [5, 5.41) is 17.8. The summed E-state index contributed by atoms with van der Waals surface area (Å²) in [6, 6.07) is 6.33. The van der Waals surface area contributed by atoms with Crippen LogP contribution in [0.2, 0.25) is 0 Å². The number of nitriles is 1. The lowest BCUT2D eigenvalue weighted by atomic mass is 10.1. The average Bonchev–Trinajstić information content (AvgIpc) is 2.65. The van der Waals surface area contributed by atoms with E-state index in [1.807, 2.05) is 4.57 Å². The fraction of sp³-hybridized carbons (Fsp3) is 0.429. The second-order valence-corrected chi connectivity index (χ2v) is 4.49. The molecule has 2 aromatic rings. The van der Waals surface area contributed by atoms with Gasteiger partial charge in [-0.05, 0) is 37.1 Å². The molecule has 4 nitrogen and oxygen atoms in total. The average molecular weight is 243 g/mol. The Balaban J connectivity index is 2.57. The summed E-state index contributed by atoms with van der Waals surface area (Å²) in [6.07, 6.45) is 0.981. The van der Waals surface area contributed by atoms with Crippen molar-refractivity contribution in [2.75, 3.05) is 6.61 Å². The predicted molar refractivity (Wildman–Crippen MR) is 70.2 cm³/mol. The van der Waals surface area contributed by atoms with Crippen LogP contribution in [0.3, 0.4) is 0 Å². The number of imidazole rings is 1. The molecule has 0 aliphatic carbocycles. The third-order valence-corrected chi connectivity index (χ3v) is 3.23. The molecular weight excluding hydrogens is 226 g/mol. The molecule has 1 N–H and O–H groups in total. The van der Waals surface area contributed by atoms with Crippen LogP contribution in [0.15, 0.2) is 12.1 Å². The first-order valence-corrected chi connectivity index (χ1v) is 6.11. The predicted octanol–water partition coefficient (Wildman–Crippen LogP) is 2.10. The van der Waals surface area contributed by atoms with Crippen LogP contribution in [0.5, 0.6) is 0 Å². The summed E-state index contributed by atoms with van der Waals surface area (Å²) in [7, 11) is 0. The van der Waals surface area contributed by atoms with Gasteiger partial charge in [0.1, 0.15) is 5.82 Å². The fourth-order valence-corrected chi connectivity index (χ4v) is 2.13. The van der Waals surface area contributed by atoms with Gasteiger partial charge in [0.05, 0.1) is 30.1 Å². The third kappa shape index (κ3) is 2.22. The van der Waals surface area contributed by atoms with Crippen LogP contribution in [-0.4, -0.2) is 21.3 Å². The van der Waals surface area contributed by atoms with Gasteiger partial charge in [0.25, 0.3) is 0 Å². The van der Waals surface area contributed by atoms with Crippen molar-refractivity contribution in [1.82, 2.24) is 9.55 Å². The van der Waals surface area contributed by atoms with Crippen molar-refractivity contribution in [3.05, 3.63) is 29.1 Å². The molecule has 0 amide bonds. The Morgan fingerprint density at radius 1 is 1.33 bits per heavy atom. The van der Waals surface area contributed by atoms with E-state index in [1.165, 1.54) is 11.1 Å². The van der Waals surface area contributed by atoms with Crippen LogP contribution in [0, 0.1) is 25.2 Å². The summed E-state index contributed by atoms with van der Waals surface area (Å²) in [4.78, 5) is 4.55. The minimum Gasteiger partial charge on any atom is -0.396 e. The molecule has 0 saturated carbocycles. The number of rotatable bonds is 4. The molecule has 0 saturated heterocycles.